The summed E-state index contributed by atoms with van der Waals surface area (Å²) in [4.78, 5) is 23.6. The third-order valence-corrected chi connectivity index (χ3v) is 4.04. The third kappa shape index (κ3) is 8.10. The molecular formula is C17H26NO4P. The third-order valence-electron chi connectivity index (χ3n) is 3.24. The number of aryl methyl sites for hydroxylation is 1. The van der Waals surface area contributed by atoms with Crippen LogP contribution >= 0.6 is 7.37 Å². The summed E-state index contributed by atoms with van der Waals surface area (Å²) in [6, 6.07) is 5.44. The largest absolute Gasteiger partial charge is 0.329 e. The molecule has 0 bridgehead atoms. The normalized spacial score (nSPS) is 11.3. The van der Waals surface area contributed by atoms with Crippen LogP contribution in [0.1, 0.15) is 48.5 Å². The van der Waals surface area contributed by atoms with Gasteiger partial charge in [0.15, 0.2) is 13.2 Å². The van der Waals surface area contributed by atoms with Crippen LogP contribution in [-0.2, 0) is 13.9 Å². The topological polar surface area (TPSA) is 72.5 Å². The van der Waals surface area contributed by atoms with Crippen molar-refractivity contribution in [2.24, 2.45) is 0 Å². The first-order valence-corrected chi connectivity index (χ1v) is 10.3. The minimum atomic E-state index is -2.41. The van der Waals surface area contributed by atoms with E-state index in [1.54, 1.807) is 19.4 Å². The lowest BCUT2D eigenvalue weighted by molar-refractivity contribution is -0.114. The van der Waals surface area contributed by atoms with E-state index in [1.165, 1.54) is 6.92 Å². The second kappa shape index (κ2) is 8.99. The highest BCUT2D eigenvalue weighted by Gasteiger charge is 2.12. The smallest absolute Gasteiger partial charge is 0.221 e. The fraction of sp³-hybridized carbons (Fsp3) is 0.529. The fourth-order valence-corrected chi connectivity index (χ4v) is 2.75. The number of rotatable bonds is 9. The molecule has 6 heteroatoms. The van der Waals surface area contributed by atoms with Gasteiger partial charge in [-0.2, -0.15) is 0 Å². The molecule has 0 heterocycles. The summed E-state index contributed by atoms with van der Waals surface area (Å²) in [5.74, 6) is -0.170. The molecule has 0 unspecified atom stereocenters. The van der Waals surface area contributed by atoms with Gasteiger partial charge in [0.2, 0.25) is 5.91 Å². The average Bonchev–Trinajstić information content (AvgIpc) is 2.40. The number of benzene rings is 1. The Hall–Kier alpha value is -1.45. The number of anilines is 1. The second-order valence-electron chi connectivity index (χ2n) is 6.05. The zero-order valence-electron chi connectivity index (χ0n) is 14.3. The first kappa shape index (κ1) is 19.6. The van der Waals surface area contributed by atoms with E-state index in [0.29, 0.717) is 24.3 Å². The quantitative estimate of drug-likeness (QED) is 0.415. The number of unbranched alkanes of at least 4 members (excludes halogenated alkanes) is 2. The van der Waals surface area contributed by atoms with E-state index in [9.17, 15) is 14.2 Å². The van der Waals surface area contributed by atoms with Crippen LogP contribution in [0.4, 0.5) is 5.69 Å². The molecule has 5 nitrogen and oxygen atoms in total. The summed E-state index contributed by atoms with van der Waals surface area (Å²) in [6.07, 6.45) is 2.79. The van der Waals surface area contributed by atoms with E-state index < -0.39 is 7.37 Å². The molecule has 1 N–H and O–H groups in total. The van der Waals surface area contributed by atoms with Gasteiger partial charge in [-0.05, 0) is 37.5 Å². The van der Waals surface area contributed by atoms with Gasteiger partial charge in [0.05, 0.1) is 12.3 Å². The molecule has 23 heavy (non-hydrogen) atoms. The van der Waals surface area contributed by atoms with Crippen molar-refractivity contribution in [2.75, 3.05) is 25.3 Å². The van der Waals surface area contributed by atoms with E-state index in [4.69, 9.17) is 4.52 Å². The Kier molecular flexibility index (Phi) is 7.66. The summed E-state index contributed by atoms with van der Waals surface area (Å²) >= 11 is 0. The molecule has 0 aliphatic rings. The fourth-order valence-electron chi connectivity index (χ4n) is 2.18. The van der Waals surface area contributed by atoms with E-state index >= 15 is 0 Å². The number of carbonyl (C=O) groups excluding carboxylic acids is 2. The highest BCUT2D eigenvalue weighted by molar-refractivity contribution is 7.57. The Morgan fingerprint density at radius 2 is 1.87 bits per heavy atom. The minimum Gasteiger partial charge on any atom is -0.329 e. The maximum atomic E-state index is 12.3. The molecule has 1 aromatic carbocycles. The zero-order chi connectivity index (χ0) is 17.5. The van der Waals surface area contributed by atoms with Gasteiger partial charge < -0.3 is 9.84 Å². The monoisotopic (exact) mass is 339 g/mol. The molecular weight excluding hydrogens is 313 g/mol. The van der Waals surface area contributed by atoms with E-state index in [0.717, 1.165) is 24.8 Å². The predicted octanol–water partition coefficient (Wildman–Crippen LogP) is 4.25. The van der Waals surface area contributed by atoms with Crippen molar-refractivity contribution < 1.29 is 18.7 Å². The Labute approximate surface area is 138 Å². The maximum absolute atomic E-state index is 12.3. The van der Waals surface area contributed by atoms with Crippen LogP contribution < -0.4 is 5.32 Å². The number of ketones is 1. The van der Waals surface area contributed by atoms with Crippen molar-refractivity contribution in [3.8, 4) is 0 Å². The molecule has 0 fully saturated rings. The lowest BCUT2D eigenvalue weighted by Crippen LogP contribution is -2.11. The second-order valence-corrected chi connectivity index (χ2v) is 8.81. The van der Waals surface area contributed by atoms with Crippen molar-refractivity contribution in [2.45, 2.75) is 39.5 Å². The Morgan fingerprint density at radius 3 is 2.48 bits per heavy atom. The van der Waals surface area contributed by atoms with Crippen LogP contribution in [0.25, 0.3) is 0 Å². The number of carbonyl (C=O) groups is 2. The lowest BCUT2D eigenvalue weighted by atomic mass is 10.0. The number of hydrogen-bond acceptors (Lipinski definition) is 4. The summed E-state index contributed by atoms with van der Waals surface area (Å²) in [7, 11) is -2.41. The number of nitrogens with one attached hydrogen (secondary N) is 1. The zero-order valence-corrected chi connectivity index (χ0v) is 15.2. The molecule has 0 saturated heterocycles. The van der Waals surface area contributed by atoms with Gasteiger partial charge in [-0.15, -0.1) is 0 Å². The summed E-state index contributed by atoms with van der Waals surface area (Å²) in [6.45, 7) is 6.99. The highest BCUT2D eigenvalue weighted by atomic mass is 31.2. The Bertz CT molecular complexity index is 607. The predicted molar refractivity (Wildman–Crippen MR) is 93.7 cm³/mol. The van der Waals surface area contributed by atoms with Crippen molar-refractivity contribution in [3.05, 3.63) is 29.3 Å². The molecule has 1 rings (SSSR count). The van der Waals surface area contributed by atoms with Gasteiger partial charge in [0.25, 0.3) is 0 Å². The summed E-state index contributed by atoms with van der Waals surface area (Å²) < 4.78 is 16.6. The lowest BCUT2D eigenvalue weighted by Gasteiger charge is -2.10. The SMILES string of the molecule is CC(=O)Nc1cc(C)ccc1C(=O)CCCCCOP(C)(C)=O. The van der Waals surface area contributed by atoms with Crippen LogP contribution in [0.3, 0.4) is 0 Å². The van der Waals surface area contributed by atoms with E-state index in [2.05, 4.69) is 5.32 Å². The van der Waals surface area contributed by atoms with Crippen molar-refractivity contribution >= 4 is 24.7 Å². The van der Waals surface area contributed by atoms with Crippen molar-refractivity contribution in [1.82, 2.24) is 0 Å². The Balaban J connectivity index is 2.49. The van der Waals surface area contributed by atoms with E-state index in [-0.39, 0.29) is 11.7 Å². The number of amides is 1. The van der Waals surface area contributed by atoms with Gasteiger partial charge in [-0.3, -0.25) is 14.2 Å². The van der Waals surface area contributed by atoms with Gasteiger partial charge in [-0.1, -0.05) is 12.5 Å². The number of hydrogen-bond donors (Lipinski definition) is 1. The minimum absolute atomic E-state index is 0.0197. The molecule has 128 valence electrons. The molecule has 0 aliphatic carbocycles. The number of Topliss-reactive ketones (excluding diaryl/α,β-unsaturated/α-hetero) is 1. The van der Waals surface area contributed by atoms with Gasteiger partial charge in [-0.25, -0.2) is 0 Å². The van der Waals surface area contributed by atoms with Gasteiger partial charge >= 0.3 is 0 Å². The van der Waals surface area contributed by atoms with Crippen LogP contribution in [0, 0.1) is 6.92 Å². The molecule has 1 aromatic rings. The van der Waals surface area contributed by atoms with Crippen LogP contribution in [0.15, 0.2) is 18.2 Å². The summed E-state index contributed by atoms with van der Waals surface area (Å²) in [5.41, 5.74) is 2.11. The van der Waals surface area contributed by atoms with Crippen molar-refractivity contribution in [3.63, 3.8) is 0 Å². The Morgan fingerprint density at radius 1 is 1.17 bits per heavy atom. The van der Waals surface area contributed by atoms with Crippen LogP contribution in [0.2, 0.25) is 0 Å². The first-order chi connectivity index (χ1) is 10.7. The maximum Gasteiger partial charge on any atom is 0.221 e. The van der Waals surface area contributed by atoms with Crippen molar-refractivity contribution in [1.29, 1.82) is 0 Å². The molecule has 0 saturated carbocycles. The van der Waals surface area contributed by atoms with Gasteiger partial charge in [0, 0.05) is 32.2 Å². The van der Waals surface area contributed by atoms with E-state index in [1.807, 2.05) is 19.1 Å². The molecule has 0 aliphatic heterocycles. The standard InChI is InChI=1S/C17H26NO4P/c1-13-9-10-15(16(12-13)18-14(2)19)17(20)8-6-5-7-11-22-23(3,4)21/h9-10,12H,5-8,11H2,1-4H3,(H,18,19). The average molecular weight is 339 g/mol. The molecule has 0 aromatic heterocycles. The highest BCUT2D eigenvalue weighted by Crippen LogP contribution is 2.37. The summed E-state index contributed by atoms with van der Waals surface area (Å²) in [5, 5.41) is 2.71. The molecule has 1 amide bonds. The molecule has 0 radical (unpaired) electrons. The van der Waals surface area contributed by atoms with Gasteiger partial charge in [0.1, 0.15) is 0 Å². The first-order valence-electron chi connectivity index (χ1n) is 7.80. The molecule has 0 atom stereocenters. The molecule has 0 spiro atoms. The van der Waals surface area contributed by atoms with Crippen LogP contribution in [0.5, 0.6) is 0 Å². The van der Waals surface area contributed by atoms with Crippen LogP contribution in [-0.4, -0.2) is 31.6 Å².